The minimum atomic E-state index is -1.08. The molecule has 1 aromatic carbocycles. The van der Waals surface area contributed by atoms with Crippen molar-refractivity contribution < 1.29 is 19.5 Å². The van der Waals surface area contributed by atoms with Gasteiger partial charge in [0.15, 0.2) is 0 Å². The van der Waals surface area contributed by atoms with Gasteiger partial charge in [-0.05, 0) is 37.1 Å². The standard InChI is InChI=1S/C13H11ClN2O4/c14-7-1-3-8(4-2-7)15-11(17)9-5-6-10(12(18)19)16(9)13(15)20/h1-4,9-10H,5-6H2,(H,18,19)/t9-,10+/m1/s1. The Morgan fingerprint density at radius 3 is 2.45 bits per heavy atom. The van der Waals surface area contributed by atoms with E-state index in [1.807, 2.05) is 0 Å². The SMILES string of the molecule is O=C(O)[C@@H]1CC[C@@H]2C(=O)N(c3ccc(Cl)cc3)C(=O)N21. The van der Waals surface area contributed by atoms with Crippen LogP contribution in [0, 0.1) is 0 Å². The van der Waals surface area contributed by atoms with Gasteiger partial charge in [-0.25, -0.2) is 14.5 Å². The number of carbonyl (C=O) groups is 3. The number of benzene rings is 1. The first-order valence-corrected chi connectivity index (χ1v) is 6.53. The number of anilines is 1. The molecule has 2 aliphatic heterocycles. The van der Waals surface area contributed by atoms with Crippen LogP contribution in [0.1, 0.15) is 12.8 Å². The highest BCUT2D eigenvalue weighted by molar-refractivity contribution is 6.30. The number of carbonyl (C=O) groups excluding carboxylic acids is 2. The number of halogens is 1. The minimum Gasteiger partial charge on any atom is -0.480 e. The van der Waals surface area contributed by atoms with Crippen LogP contribution in [0.3, 0.4) is 0 Å². The third-order valence-electron chi connectivity index (χ3n) is 3.67. The summed E-state index contributed by atoms with van der Waals surface area (Å²) < 4.78 is 0. The van der Waals surface area contributed by atoms with Gasteiger partial charge in [0, 0.05) is 5.02 Å². The third-order valence-corrected chi connectivity index (χ3v) is 3.92. The second-order valence-electron chi connectivity index (χ2n) is 4.79. The van der Waals surface area contributed by atoms with Crippen LogP contribution in [0.4, 0.5) is 10.5 Å². The molecule has 20 heavy (non-hydrogen) atoms. The molecule has 0 radical (unpaired) electrons. The fourth-order valence-electron chi connectivity index (χ4n) is 2.75. The Kier molecular flexibility index (Phi) is 2.90. The van der Waals surface area contributed by atoms with Gasteiger partial charge in [-0.2, -0.15) is 0 Å². The van der Waals surface area contributed by atoms with Crippen molar-refractivity contribution in [3.8, 4) is 0 Å². The molecular weight excluding hydrogens is 284 g/mol. The summed E-state index contributed by atoms with van der Waals surface area (Å²) in [5, 5.41) is 9.61. The molecule has 7 heteroatoms. The summed E-state index contributed by atoms with van der Waals surface area (Å²) in [5.74, 6) is -1.45. The van der Waals surface area contributed by atoms with Crippen molar-refractivity contribution >= 4 is 35.2 Å². The Hall–Kier alpha value is -2.08. The summed E-state index contributed by atoms with van der Waals surface area (Å²) >= 11 is 5.78. The van der Waals surface area contributed by atoms with Gasteiger partial charge in [0.1, 0.15) is 12.1 Å². The molecule has 0 aliphatic carbocycles. The predicted molar refractivity (Wildman–Crippen MR) is 70.6 cm³/mol. The van der Waals surface area contributed by atoms with Crippen LogP contribution >= 0.6 is 11.6 Å². The van der Waals surface area contributed by atoms with Crippen molar-refractivity contribution in [3.05, 3.63) is 29.3 Å². The highest BCUT2D eigenvalue weighted by Gasteiger charge is 2.54. The van der Waals surface area contributed by atoms with Crippen molar-refractivity contribution in [1.29, 1.82) is 0 Å². The Morgan fingerprint density at radius 1 is 1.20 bits per heavy atom. The number of aliphatic carboxylic acids is 1. The van der Waals surface area contributed by atoms with E-state index in [0.717, 1.165) is 4.90 Å². The van der Waals surface area contributed by atoms with Crippen LogP contribution in [0.15, 0.2) is 24.3 Å². The van der Waals surface area contributed by atoms with Crippen molar-refractivity contribution in [1.82, 2.24) is 4.90 Å². The normalized spacial score (nSPS) is 25.2. The van der Waals surface area contributed by atoms with Gasteiger partial charge in [0.2, 0.25) is 0 Å². The minimum absolute atomic E-state index is 0.311. The molecule has 1 aromatic rings. The Labute approximate surface area is 119 Å². The smallest absolute Gasteiger partial charge is 0.332 e. The lowest BCUT2D eigenvalue weighted by molar-refractivity contribution is -0.141. The molecule has 2 saturated heterocycles. The molecule has 104 valence electrons. The van der Waals surface area contributed by atoms with Crippen molar-refractivity contribution in [2.75, 3.05) is 4.90 Å². The molecule has 0 unspecified atom stereocenters. The molecule has 0 spiro atoms. The van der Waals surface area contributed by atoms with Gasteiger partial charge in [-0.15, -0.1) is 0 Å². The fourth-order valence-corrected chi connectivity index (χ4v) is 2.88. The number of fused-ring (bicyclic) bond motifs is 1. The van der Waals surface area contributed by atoms with E-state index >= 15 is 0 Å². The Balaban J connectivity index is 1.96. The highest BCUT2D eigenvalue weighted by Crippen LogP contribution is 2.35. The van der Waals surface area contributed by atoms with Crippen LogP contribution in [0.5, 0.6) is 0 Å². The number of nitrogens with zero attached hydrogens (tertiary/aromatic N) is 2. The molecular formula is C13H11ClN2O4. The van der Waals surface area contributed by atoms with E-state index in [1.54, 1.807) is 24.3 Å². The molecule has 2 heterocycles. The maximum absolute atomic E-state index is 12.3. The number of rotatable bonds is 2. The van der Waals surface area contributed by atoms with Crippen LogP contribution in [0.2, 0.25) is 5.02 Å². The average Bonchev–Trinajstić information content (AvgIpc) is 2.94. The first-order chi connectivity index (χ1) is 9.50. The van der Waals surface area contributed by atoms with Gasteiger partial charge in [0.05, 0.1) is 5.69 Å². The van der Waals surface area contributed by atoms with E-state index in [0.29, 0.717) is 23.6 Å². The number of hydrogen-bond acceptors (Lipinski definition) is 3. The molecule has 0 bridgehead atoms. The van der Waals surface area contributed by atoms with Crippen LogP contribution in [-0.2, 0) is 9.59 Å². The zero-order valence-electron chi connectivity index (χ0n) is 10.3. The summed E-state index contributed by atoms with van der Waals surface area (Å²) in [7, 11) is 0. The van der Waals surface area contributed by atoms with Crippen molar-refractivity contribution in [2.45, 2.75) is 24.9 Å². The number of carboxylic acid groups (broad SMARTS) is 1. The largest absolute Gasteiger partial charge is 0.480 e. The zero-order chi connectivity index (χ0) is 14.4. The number of amides is 3. The van der Waals surface area contributed by atoms with Gasteiger partial charge in [0.25, 0.3) is 5.91 Å². The van der Waals surface area contributed by atoms with Gasteiger partial charge in [-0.3, -0.25) is 9.69 Å². The van der Waals surface area contributed by atoms with E-state index in [-0.39, 0.29) is 5.91 Å². The lowest BCUT2D eigenvalue weighted by Crippen LogP contribution is -2.42. The molecule has 3 amide bonds. The van der Waals surface area contributed by atoms with E-state index in [1.165, 1.54) is 4.90 Å². The van der Waals surface area contributed by atoms with Crippen molar-refractivity contribution in [2.24, 2.45) is 0 Å². The molecule has 6 nitrogen and oxygen atoms in total. The van der Waals surface area contributed by atoms with Gasteiger partial charge in [-0.1, -0.05) is 11.6 Å². The van der Waals surface area contributed by atoms with E-state index in [2.05, 4.69) is 0 Å². The summed E-state index contributed by atoms with van der Waals surface area (Å²) in [6, 6.07) is 4.12. The molecule has 3 rings (SSSR count). The van der Waals surface area contributed by atoms with Crippen LogP contribution < -0.4 is 4.90 Å². The highest BCUT2D eigenvalue weighted by atomic mass is 35.5. The fraction of sp³-hybridized carbons (Fsp3) is 0.308. The number of carboxylic acids is 1. The maximum Gasteiger partial charge on any atom is 0.332 e. The summed E-state index contributed by atoms with van der Waals surface area (Å²) in [6.45, 7) is 0. The topological polar surface area (TPSA) is 77.9 Å². The number of hydrogen-bond donors (Lipinski definition) is 1. The average molecular weight is 295 g/mol. The lowest BCUT2D eigenvalue weighted by Gasteiger charge is -2.20. The van der Waals surface area contributed by atoms with Crippen molar-refractivity contribution in [3.63, 3.8) is 0 Å². The molecule has 2 atom stereocenters. The van der Waals surface area contributed by atoms with Crippen LogP contribution in [0.25, 0.3) is 0 Å². The summed E-state index contributed by atoms with van der Waals surface area (Å²) in [6.07, 6.45) is 0.692. The maximum atomic E-state index is 12.3. The molecule has 0 aromatic heterocycles. The summed E-state index contributed by atoms with van der Waals surface area (Å²) in [4.78, 5) is 38.0. The lowest BCUT2D eigenvalue weighted by atomic mass is 10.1. The number of imide groups is 1. The number of urea groups is 1. The second kappa shape index (κ2) is 4.49. The molecule has 0 saturated carbocycles. The van der Waals surface area contributed by atoms with E-state index in [9.17, 15) is 14.4 Å². The first kappa shape index (κ1) is 12.9. The first-order valence-electron chi connectivity index (χ1n) is 6.15. The zero-order valence-corrected chi connectivity index (χ0v) is 11.1. The van der Waals surface area contributed by atoms with E-state index in [4.69, 9.17) is 16.7 Å². The van der Waals surface area contributed by atoms with Crippen LogP contribution in [-0.4, -0.2) is 40.0 Å². The predicted octanol–water partition coefficient (Wildman–Crippen LogP) is 1.72. The summed E-state index contributed by atoms with van der Waals surface area (Å²) in [5.41, 5.74) is 0.405. The molecule has 1 N–H and O–H groups in total. The Bertz CT molecular complexity index is 601. The second-order valence-corrected chi connectivity index (χ2v) is 5.22. The molecule has 2 aliphatic rings. The van der Waals surface area contributed by atoms with Gasteiger partial charge >= 0.3 is 12.0 Å². The Morgan fingerprint density at radius 2 is 1.85 bits per heavy atom. The van der Waals surface area contributed by atoms with E-state index < -0.39 is 24.1 Å². The van der Waals surface area contributed by atoms with Gasteiger partial charge < -0.3 is 5.11 Å². The quantitative estimate of drug-likeness (QED) is 0.843. The third kappa shape index (κ3) is 1.76. The monoisotopic (exact) mass is 294 g/mol. The molecule has 2 fully saturated rings.